The molecular formula is C144H96N6. The zero-order valence-electron chi connectivity index (χ0n) is 82.1. The van der Waals surface area contributed by atoms with Gasteiger partial charge in [-0.15, -0.1) is 0 Å². The Labute approximate surface area is 868 Å². The molecule has 6 heterocycles. The van der Waals surface area contributed by atoms with Crippen LogP contribution < -0.4 is 0 Å². The molecular weight excluding hydrogens is 1810 g/mol. The van der Waals surface area contributed by atoms with Gasteiger partial charge < -0.3 is 27.4 Å². The maximum absolute atomic E-state index is 2.47. The fraction of sp³-hybridized carbons (Fsp3) is 0. The molecule has 0 spiro atoms. The molecule has 0 bridgehead atoms. The molecule has 150 heavy (non-hydrogen) atoms. The molecule has 0 aliphatic carbocycles. The fourth-order valence-electron chi connectivity index (χ4n) is 23.5. The van der Waals surface area contributed by atoms with Crippen LogP contribution in [0.15, 0.2) is 582 Å². The summed E-state index contributed by atoms with van der Waals surface area (Å²) in [7, 11) is 0. The summed E-state index contributed by atoms with van der Waals surface area (Å²) < 4.78 is 14.6. The van der Waals surface area contributed by atoms with E-state index in [1.165, 1.54) is 242 Å². The summed E-state index contributed by atoms with van der Waals surface area (Å²) in [4.78, 5) is 0. The molecule has 0 saturated carbocycles. The number of para-hydroxylation sites is 6. The summed E-state index contributed by atoms with van der Waals surface area (Å²) in [5.74, 6) is 0. The Balaban J connectivity index is 0.000000108. The number of benzene rings is 24. The van der Waals surface area contributed by atoms with Crippen LogP contribution in [-0.2, 0) is 0 Å². The van der Waals surface area contributed by atoms with Crippen molar-refractivity contribution in [3.8, 4) is 134 Å². The van der Waals surface area contributed by atoms with E-state index >= 15 is 0 Å². The van der Waals surface area contributed by atoms with Crippen LogP contribution in [0.5, 0.6) is 0 Å². The van der Waals surface area contributed by atoms with Crippen molar-refractivity contribution in [1.82, 2.24) is 27.4 Å². The van der Waals surface area contributed by atoms with Gasteiger partial charge in [-0.25, -0.2) is 0 Å². The second kappa shape index (κ2) is 37.4. The van der Waals surface area contributed by atoms with Crippen LogP contribution in [0.3, 0.4) is 0 Å². The van der Waals surface area contributed by atoms with Gasteiger partial charge in [-0.05, 0) is 264 Å². The second-order valence-corrected chi connectivity index (χ2v) is 38.9. The quantitative estimate of drug-likeness (QED) is 0.0979. The van der Waals surface area contributed by atoms with Crippen LogP contribution >= 0.6 is 0 Å². The molecule has 0 fully saturated rings. The maximum atomic E-state index is 2.47. The number of aromatic nitrogens is 6. The molecule has 24 aromatic carbocycles. The molecule has 30 aromatic rings. The summed E-state index contributed by atoms with van der Waals surface area (Å²) in [6.45, 7) is 0. The molecule has 6 nitrogen and oxygen atoms in total. The third-order valence-electron chi connectivity index (χ3n) is 30.3. The van der Waals surface area contributed by atoms with E-state index in [9.17, 15) is 0 Å². The van der Waals surface area contributed by atoms with Crippen molar-refractivity contribution in [2.24, 2.45) is 0 Å². The molecule has 702 valence electrons. The summed E-state index contributed by atoms with van der Waals surface area (Å²) in [5, 5.41) is 15.2. The normalized spacial score (nSPS) is 11.6. The highest BCUT2D eigenvalue weighted by molar-refractivity contribution is 6.32. The lowest BCUT2D eigenvalue weighted by molar-refractivity contribution is 1.17. The van der Waals surface area contributed by atoms with Crippen LogP contribution in [0.1, 0.15) is 0 Å². The third kappa shape index (κ3) is 15.4. The highest BCUT2D eigenvalue weighted by atomic mass is 15.0. The Bertz CT molecular complexity index is 10300. The van der Waals surface area contributed by atoms with Gasteiger partial charge >= 0.3 is 0 Å². The monoisotopic (exact) mass is 1910 g/mol. The first kappa shape index (κ1) is 87.8. The molecule has 0 radical (unpaired) electrons. The van der Waals surface area contributed by atoms with E-state index in [1.54, 1.807) is 0 Å². The second-order valence-electron chi connectivity index (χ2n) is 38.9. The number of nitrogens with zero attached hydrogens (tertiary/aromatic N) is 6. The molecule has 6 heteroatoms. The minimum Gasteiger partial charge on any atom is -0.309 e. The highest BCUT2D eigenvalue weighted by Crippen LogP contribution is 2.50. The van der Waals surface area contributed by atoms with Gasteiger partial charge in [0, 0.05) is 98.8 Å². The molecule has 6 aromatic heterocycles. The summed E-state index contributed by atoms with van der Waals surface area (Å²) in [6, 6.07) is 211. The molecule has 0 unspecified atom stereocenters. The van der Waals surface area contributed by atoms with Gasteiger partial charge in [-0.3, -0.25) is 0 Å². The van der Waals surface area contributed by atoms with Crippen molar-refractivity contribution in [2.45, 2.75) is 0 Å². The minimum atomic E-state index is 1.14. The molecule has 0 N–H and O–H groups in total. The third-order valence-corrected chi connectivity index (χ3v) is 30.3. The Morgan fingerprint density at radius 2 is 0.253 bits per heavy atom. The van der Waals surface area contributed by atoms with E-state index in [2.05, 4.69) is 610 Å². The molecule has 0 aliphatic heterocycles. The van der Waals surface area contributed by atoms with Crippen molar-refractivity contribution < 1.29 is 0 Å². The predicted molar refractivity (Wildman–Crippen MR) is 634 cm³/mol. The maximum Gasteiger partial charge on any atom is 0.0548 e. The highest BCUT2D eigenvalue weighted by Gasteiger charge is 2.28. The van der Waals surface area contributed by atoms with Crippen molar-refractivity contribution in [1.29, 1.82) is 0 Å². The molecule has 0 amide bonds. The summed E-state index contributed by atoms with van der Waals surface area (Å²) in [5.41, 5.74) is 43.1. The average Bonchev–Trinajstić information content (AvgIpc) is 1.55. The number of hydrogen-bond acceptors (Lipinski definition) is 0. The van der Waals surface area contributed by atoms with E-state index in [-0.39, 0.29) is 0 Å². The smallest absolute Gasteiger partial charge is 0.0548 e. The number of hydrogen-bond donors (Lipinski definition) is 0. The molecule has 0 atom stereocenters. The van der Waals surface area contributed by atoms with Gasteiger partial charge in [0.2, 0.25) is 0 Å². The Morgan fingerprint density at radius 3 is 0.553 bits per heavy atom. The SMILES string of the molecule is c1ccc(-c2cc(-c3ccccc3)cc(-n3c4ccccc4c4c5c6ccc(-c7ccccc7)cc6n(-c6ccccc6)c5ccc43)c2)cc1.c1ccc(-c2cccc(-c3ccc(-n4c5cc(-c6ccccc6)ccc5c5c6c7ccccc7n(-c7ccccc7)c6ccc54)cc3)c2)cc1.c1ccc(-c2cccc(-c3cccc(-n4c5cc(-c6ccccc6)ccc5c5c6c7ccccc7n(-c7ccccc7)c6ccc54)c3)c2)cc1. The lowest BCUT2D eigenvalue weighted by Gasteiger charge is -2.14. The van der Waals surface area contributed by atoms with Gasteiger partial charge in [0.25, 0.3) is 0 Å². The largest absolute Gasteiger partial charge is 0.309 e. The van der Waals surface area contributed by atoms with E-state index in [0.29, 0.717) is 0 Å². The van der Waals surface area contributed by atoms with Gasteiger partial charge in [0.15, 0.2) is 0 Å². The van der Waals surface area contributed by atoms with Crippen LogP contribution in [-0.4, -0.2) is 27.4 Å². The predicted octanol–water partition coefficient (Wildman–Crippen LogP) is 38.6. The standard InChI is InChI=1S/3C48H32N2/c1-5-15-33(16-6-1)36-25-26-42-46(32-36)49(39-21-11-4-12-22-39)44-27-28-45-47(48(42)44)41-23-13-14-24-43(41)50(45)40-30-37(34-17-7-2-8-18-34)29-38(31-40)35-19-9-3-10-20-35;1-4-14-33(15-5-1)35-18-12-19-36(30-35)37-20-13-23-40(31-37)50-45-29-28-44-47(41-24-10-11-25-43(41)49(44)39-21-8-3-9-22-39)48(45)42-27-26-38(32-46(42)50)34-16-6-2-7-17-34;1-4-13-33(14-5-1)36-17-12-18-37(31-36)35-23-26-40(27-24-35)50-45-30-29-44-47(41-21-10-11-22-43(41)49(44)39-19-8-3-9-20-39)48(45)42-28-25-38(32-46(42)50)34-15-6-2-7-16-34/h3*1-32H. The van der Waals surface area contributed by atoms with E-state index in [1.807, 2.05) is 0 Å². The first-order chi connectivity index (χ1) is 74.4. The van der Waals surface area contributed by atoms with Crippen LogP contribution in [0.2, 0.25) is 0 Å². The van der Waals surface area contributed by atoms with Crippen LogP contribution in [0, 0.1) is 0 Å². The first-order valence-corrected chi connectivity index (χ1v) is 51.6. The topological polar surface area (TPSA) is 29.6 Å². The Kier molecular flexibility index (Phi) is 21.9. The Hall–Kier alpha value is -19.9. The zero-order chi connectivity index (χ0) is 99.1. The van der Waals surface area contributed by atoms with Gasteiger partial charge in [0.1, 0.15) is 0 Å². The van der Waals surface area contributed by atoms with Crippen molar-refractivity contribution >= 4 is 131 Å². The number of fused-ring (bicyclic) bond motifs is 21. The summed E-state index contributed by atoms with van der Waals surface area (Å²) in [6.07, 6.45) is 0. The van der Waals surface area contributed by atoms with E-state index < -0.39 is 0 Å². The Morgan fingerprint density at radius 1 is 0.0800 bits per heavy atom. The summed E-state index contributed by atoms with van der Waals surface area (Å²) >= 11 is 0. The minimum absolute atomic E-state index is 1.14. The lowest BCUT2D eigenvalue weighted by Crippen LogP contribution is -1.96. The molecule has 0 aliphatic rings. The van der Waals surface area contributed by atoms with Crippen molar-refractivity contribution in [3.05, 3.63) is 582 Å². The first-order valence-electron chi connectivity index (χ1n) is 51.6. The van der Waals surface area contributed by atoms with E-state index in [0.717, 1.165) is 22.7 Å². The lowest BCUT2D eigenvalue weighted by atomic mass is 9.98. The molecule has 0 saturated heterocycles. The average molecular weight is 1910 g/mol. The zero-order valence-corrected chi connectivity index (χ0v) is 82.1. The number of rotatable bonds is 15. The van der Waals surface area contributed by atoms with Gasteiger partial charge in [-0.1, -0.05) is 419 Å². The fourth-order valence-corrected chi connectivity index (χ4v) is 23.5. The van der Waals surface area contributed by atoms with Crippen molar-refractivity contribution in [3.63, 3.8) is 0 Å². The molecule has 30 rings (SSSR count). The van der Waals surface area contributed by atoms with Crippen LogP contribution in [0.4, 0.5) is 0 Å². The van der Waals surface area contributed by atoms with E-state index in [4.69, 9.17) is 0 Å². The van der Waals surface area contributed by atoms with Crippen LogP contribution in [0.25, 0.3) is 265 Å². The van der Waals surface area contributed by atoms with Crippen molar-refractivity contribution in [2.75, 3.05) is 0 Å². The van der Waals surface area contributed by atoms with Gasteiger partial charge in [0.05, 0.1) is 66.2 Å². The van der Waals surface area contributed by atoms with Gasteiger partial charge in [-0.2, -0.15) is 0 Å².